The summed E-state index contributed by atoms with van der Waals surface area (Å²) in [4.78, 5) is 36.0. The summed E-state index contributed by atoms with van der Waals surface area (Å²) in [7, 11) is -4.64. The van der Waals surface area contributed by atoms with Gasteiger partial charge in [-0.25, -0.2) is 14.8 Å². The van der Waals surface area contributed by atoms with Gasteiger partial charge in [0.15, 0.2) is 0 Å². The maximum Gasteiger partial charge on any atom is 0.466 e. The third-order valence-corrected chi connectivity index (χ3v) is 6.75. The molecule has 1 aromatic heterocycles. The van der Waals surface area contributed by atoms with Crippen molar-refractivity contribution in [2.75, 3.05) is 25.1 Å². The lowest BCUT2D eigenvalue weighted by molar-refractivity contribution is 0.214. The third-order valence-electron chi connectivity index (χ3n) is 6.75. The Labute approximate surface area is 195 Å². The molecular weight excluding hydrogens is 443 g/mol. The monoisotopic (exact) mass is 480 g/mol. The number of nitrogens with one attached hydrogen (secondary N) is 2. The predicted octanol–water partition coefficient (Wildman–Crippen LogP) is 3.53. The maximum atomic E-state index is 12.6. The van der Waals surface area contributed by atoms with Crippen LogP contribution in [0.2, 0.25) is 0 Å². The van der Waals surface area contributed by atoms with Gasteiger partial charge in [0, 0.05) is 36.6 Å². The Bertz CT molecular complexity index is 992. The standard InChI is InChI=1S/C23H34N4O.H3O4P/c1-4-7-9-16-12-19-18-10-8-11-21-22(18)17(13-20(19)24-14-16)15-27(21)25-23(28)26(5-2)6-3;1-5(2,3)4/h8,10-11,15-16,19-20,24H,4-7,9,12-14H2,1-3H3,(H,25,28);(H3,1,2,3,4)/t16-,19+,20+;/m0./s1. The van der Waals surface area contributed by atoms with Crippen molar-refractivity contribution in [1.29, 1.82) is 0 Å². The molecule has 1 aliphatic heterocycles. The Morgan fingerprint density at radius 3 is 2.58 bits per heavy atom. The molecule has 0 bridgehead atoms. The number of piperidine rings is 1. The number of unbranched alkanes of at least 4 members (excludes halogenated alkanes) is 1. The zero-order chi connectivity index (χ0) is 24.2. The lowest BCUT2D eigenvalue weighted by Crippen LogP contribution is -2.46. The number of nitrogens with zero attached hydrogens (tertiary/aromatic N) is 2. The summed E-state index contributed by atoms with van der Waals surface area (Å²) in [5.74, 6) is 1.36. The number of urea groups is 1. The van der Waals surface area contributed by atoms with E-state index in [0.717, 1.165) is 24.4 Å². The second-order valence-corrected chi connectivity index (χ2v) is 9.96. The Kier molecular flexibility index (Phi) is 8.59. The van der Waals surface area contributed by atoms with E-state index in [2.05, 4.69) is 42.1 Å². The van der Waals surface area contributed by atoms with E-state index in [-0.39, 0.29) is 6.03 Å². The van der Waals surface area contributed by atoms with Crippen molar-refractivity contribution in [3.8, 4) is 0 Å². The average Bonchev–Trinajstić information content (AvgIpc) is 3.10. The van der Waals surface area contributed by atoms with E-state index in [1.807, 2.05) is 23.4 Å². The minimum atomic E-state index is -4.64. The van der Waals surface area contributed by atoms with Crippen LogP contribution in [0.5, 0.6) is 0 Å². The molecule has 9 nitrogen and oxygen atoms in total. The Morgan fingerprint density at radius 2 is 1.94 bits per heavy atom. The van der Waals surface area contributed by atoms with Crippen molar-refractivity contribution >= 4 is 24.8 Å². The second-order valence-electron chi connectivity index (χ2n) is 8.94. The first kappa shape index (κ1) is 25.7. The van der Waals surface area contributed by atoms with Crippen LogP contribution in [0.3, 0.4) is 0 Å². The molecule has 0 spiro atoms. The van der Waals surface area contributed by atoms with E-state index in [4.69, 9.17) is 19.2 Å². The summed E-state index contributed by atoms with van der Waals surface area (Å²) in [5, 5.41) is 5.21. The molecule has 4 rings (SSSR count). The van der Waals surface area contributed by atoms with E-state index >= 15 is 0 Å². The molecular formula is C23H37N4O5P. The van der Waals surface area contributed by atoms with Crippen LogP contribution in [-0.4, -0.2) is 56.0 Å². The molecule has 10 heteroatoms. The molecule has 33 heavy (non-hydrogen) atoms. The molecule has 3 atom stereocenters. The van der Waals surface area contributed by atoms with Crippen molar-refractivity contribution in [2.45, 2.75) is 64.8 Å². The fraction of sp³-hybridized carbons (Fsp3) is 0.609. The number of benzene rings is 1. The van der Waals surface area contributed by atoms with Gasteiger partial charge in [0.1, 0.15) is 0 Å². The van der Waals surface area contributed by atoms with Crippen LogP contribution in [-0.2, 0) is 11.0 Å². The first-order valence-electron chi connectivity index (χ1n) is 11.9. The molecule has 1 aromatic carbocycles. The topological polar surface area (TPSA) is 127 Å². The Morgan fingerprint density at radius 1 is 1.24 bits per heavy atom. The van der Waals surface area contributed by atoms with Crippen LogP contribution >= 0.6 is 7.82 Å². The molecule has 0 saturated carbocycles. The van der Waals surface area contributed by atoms with Crippen LogP contribution in [0.15, 0.2) is 24.4 Å². The van der Waals surface area contributed by atoms with E-state index in [1.54, 1.807) is 0 Å². The van der Waals surface area contributed by atoms with E-state index in [0.29, 0.717) is 25.0 Å². The van der Waals surface area contributed by atoms with Gasteiger partial charge in [0.2, 0.25) is 0 Å². The Balaban J connectivity index is 0.000000555. The largest absolute Gasteiger partial charge is 0.466 e. The van der Waals surface area contributed by atoms with Gasteiger partial charge in [-0.15, -0.1) is 0 Å². The number of carbonyl (C=O) groups excluding carboxylic acids is 1. The van der Waals surface area contributed by atoms with Crippen LogP contribution in [0.4, 0.5) is 4.79 Å². The molecule has 2 aliphatic rings. The lowest BCUT2D eigenvalue weighted by Gasteiger charge is -2.40. The SMILES string of the molecule is CCCC[C@@H]1CN[C@@H]2Cc3cn(NC(=O)N(CC)CC)c4cccc(c34)[C@H]2C1.O=P(O)(O)O. The van der Waals surface area contributed by atoms with Gasteiger partial charge >= 0.3 is 13.9 Å². The number of carbonyl (C=O) groups is 1. The number of aromatic nitrogens is 1. The normalized spacial score (nSPS) is 21.7. The molecule has 1 fully saturated rings. The highest BCUT2D eigenvalue weighted by atomic mass is 31.2. The molecule has 2 amide bonds. The van der Waals surface area contributed by atoms with Crippen molar-refractivity contribution < 1.29 is 24.0 Å². The highest BCUT2D eigenvalue weighted by Gasteiger charge is 2.36. The molecule has 0 unspecified atom stereocenters. The highest BCUT2D eigenvalue weighted by molar-refractivity contribution is 7.45. The van der Waals surface area contributed by atoms with Crippen LogP contribution in [0.1, 0.15) is 63.5 Å². The minimum Gasteiger partial charge on any atom is -0.324 e. The molecule has 2 heterocycles. The smallest absolute Gasteiger partial charge is 0.324 e. The molecule has 1 saturated heterocycles. The van der Waals surface area contributed by atoms with E-state index < -0.39 is 7.82 Å². The highest BCUT2D eigenvalue weighted by Crippen LogP contribution is 2.43. The summed E-state index contributed by atoms with van der Waals surface area (Å²) in [6.07, 6.45) is 8.40. The number of amides is 2. The molecule has 0 radical (unpaired) electrons. The van der Waals surface area contributed by atoms with E-state index in [9.17, 15) is 4.79 Å². The number of rotatable bonds is 6. The van der Waals surface area contributed by atoms with Crippen molar-refractivity contribution in [3.63, 3.8) is 0 Å². The quantitative estimate of drug-likeness (QED) is 0.403. The number of hydrogen-bond acceptors (Lipinski definition) is 3. The van der Waals surface area contributed by atoms with Crippen LogP contribution in [0.25, 0.3) is 10.9 Å². The minimum absolute atomic E-state index is 0.0340. The van der Waals surface area contributed by atoms with Gasteiger partial charge in [-0.2, -0.15) is 0 Å². The Hall–Kier alpha value is -1.90. The predicted molar refractivity (Wildman–Crippen MR) is 130 cm³/mol. The first-order valence-corrected chi connectivity index (χ1v) is 13.4. The summed E-state index contributed by atoms with van der Waals surface area (Å²) < 4.78 is 10.8. The van der Waals surface area contributed by atoms with Crippen LogP contribution in [0, 0.1) is 5.92 Å². The zero-order valence-corrected chi connectivity index (χ0v) is 20.6. The van der Waals surface area contributed by atoms with Gasteiger partial charge in [-0.3, -0.25) is 4.68 Å². The summed E-state index contributed by atoms with van der Waals surface area (Å²) in [6.45, 7) is 8.88. The van der Waals surface area contributed by atoms with E-state index in [1.165, 1.54) is 42.2 Å². The first-order chi connectivity index (χ1) is 15.7. The molecule has 5 N–H and O–H groups in total. The fourth-order valence-corrected chi connectivity index (χ4v) is 5.21. The maximum absolute atomic E-state index is 12.6. The summed E-state index contributed by atoms with van der Waals surface area (Å²) >= 11 is 0. The van der Waals surface area contributed by atoms with Gasteiger partial charge in [-0.1, -0.05) is 31.9 Å². The summed E-state index contributed by atoms with van der Waals surface area (Å²) in [5.41, 5.74) is 7.04. The molecule has 2 aromatic rings. The number of fused-ring (bicyclic) bond motifs is 2. The van der Waals surface area contributed by atoms with Crippen molar-refractivity contribution in [3.05, 3.63) is 35.5 Å². The summed E-state index contributed by atoms with van der Waals surface area (Å²) in [6, 6.07) is 7.08. The van der Waals surface area contributed by atoms with Crippen LogP contribution < -0.4 is 10.7 Å². The average molecular weight is 481 g/mol. The van der Waals surface area contributed by atoms with Gasteiger partial charge < -0.3 is 24.9 Å². The van der Waals surface area contributed by atoms with Gasteiger partial charge in [-0.05, 0) is 62.8 Å². The number of hydrogen-bond donors (Lipinski definition) is 5. The van der Waals surface area contributed by atoms with Crippen molar-refractivity contribution in [2.24, 2.45) is 5.92 Å². The molecule has 184 valence electrons. The van der Waals surface area contributed by atoms with Crippen molar-refractivity contribution in [1.82, 2.24) is 14.9 Å². The fourth-order valence-electron chi connectivity index (χ4n) is 5.21. The second kappa shape index (κ2) is 11.0. The van der Waals surface area contributed by atoms with Gasteiger partial charge in [0.25, 0.3) is 0 Å². The molecule has 1 aliphatic carbocycles. The zero-order valence-electron chi connectivity index (χ0n) is 19.7. The lowest BCUT2D eigenvalue weighted by atomic mass is 9.72. The number of phosphoric acid groups is 1. The third kappa shape index (κ3) is 6.37. The van der Waals surface area contributed by atoms with Gasteiger partial charge in [0.05, 0.1) is 5.52 Å².